The van der Waals surface area contributed by atoms with E-state index in [-0.39, 0.29) is 34.3 Å². The molecule has 0 radical (unpaired) electrons. The molecule has 1 aliphatic rings. The number of rotatable bonds is 6. The number of ether oxygens (including phenoxy) is 4. The summed E-state index contributed by atoms with van der Waals surface area (Å²) in [6, 6.07) is 14.6. The molecule has 0 N–H and O–H groups in total. The summed E-state index contributed by atoms with van der Waals surface area (Å²) in [5.74, 6) is 0.583. The Bertz CT molecular complexity index is 1290. The number of benzene rings is 3. The van der Waals surface area contributed by atoms with E-state index in [2.05, 4.69) is 0 Å². The van der Waals surface area contributed by atoms with Crippen LogP contribution in [0.2, 0.25) is 0 Å². The first-order valence-corrected chi connectivity index (χ1v) is 9.66. The number of nitro benzene ring substituents is 1. The Hall–Kier alpha value is -4.66. The molecule has 0 atom stereocenters. The molecule has 0 amide bonds. The smallest absolute Gasteiger partial charge is 0.343 e. The van der Waals surface area contributed by atoms with E-state index >= 15 is 0 Å². The summed E-state index contributed by atoms with van der Waals surface area (Å²) >= 11 is 0. The van der Waals surface area contributed by atoms with Crippen molar-refractivity contribution in [2.75, 3.05) is 14.2 Å². The molecule has 0 fully saturated rings. The Morgan fingerprint density at radius 1 is 0.970 bits per heavy atom. The summed E-state index contributed by atoms with van der Waals surface area (Å²) in [4.78, 5) is 35.3. The number of carbonyl (C=O) groups is 2. The second-order valence-corrected chi connectivity index (χ2v) is 6.90. The predicted octanol–water partition coefficient (Wildman–Crippen LogP) is 4.45. The van der Waals surface area contributed by atoms with Crippen molar-refractivity contribution >= 4 is 23.5 Å². The average Bonchev–Trinajstić information content (AvgIpc) is 3.13. The van der Waals surface area contributed by atoms with Crippen LogP contribution < -0.4 is 18.9 Å². The van der Waals surface area contributed by atoms with E-state index in [4.69, 9.17) is 18.9 Å². The SMILES string of the molecule is COc1ccc(C=C2Oc3cc(OC(=O)c4ccc([N+](=O)[O-])cc4)ccc3C2=O)c(OC)c1. The fraction of sp³-hybridized carbons (Fsp3) is 0.0833. The van der Waals surface area contributed by atoms with Crippen molar-refractivity contribution in [3.05, 3.63) is 93.2 Å². The van der Waals surface area contributed by atoms with Crippen molar-refractivity contribution in [2.45, 2.75) is 0 Å². The van der Waals surface area contributed by atoms with Gasteiger partial charge in [0, 0.05) is 29.8 Å². The van der Waals surface area contributed by atoms with E-state index in [9.17, 15) is 19.7 Å². The Morgan fingerprint density at radius 2 is 1.70 bits per heavy atom. The Morgan fingerprint density at radius 3 is 2.36 bits per heavy atom. The van der Waals surface area contributed by atoms with Crippen molar-refractivity contribution < 1.29 is 33.5 Å². The zero-order valence-electron chi connectivity index (χ0n) is 17.6. The summed E-state index contributed by atoms with van der Waals surface area (Å²) in [6.07, 6.45) is 1.56. The lowest BCUT2D eigenvalue weighted by atomic mass is 10.1. The Balaban J connectivity index is 1.54. The van der Waals surface area contributed by atoms with E-state index in [1.807, 2.05) is 0 Å². The molecule has 0 saturated heterocycles. The molecule has 0 unspecified atom stereocenters. The minimum Gasteiger partial charge on any atom is -0.497 e. The second-order valence-electron chi connectivity index (χ2n) is 6.90. The molecule has 166 valence electrons. The lowest BCUT2D eigenvalue weighted by Crippen LogP contribution is -2.08. The van der Waals surface area contributed by atoms with Gasteiger partial charge in [0.05, 0.1) is 30.3 Å². The third-order valence-corrected chi connectivity index (χ3v) is 4.89. The van der Waals surface area contributed by atoms with Gasteiger partial charge in [-0.05, 0) is 42.5 Å². The van der Waals surface area contributed by atoms with Gasteiger partial charge in [-0.2, -0.15) is 0 Å². The van der Waals surface area contributed by atoms with Gasteiger partial charge in [-0.1, -0.05) is 0 Å². The van der Waals surface area contributed by atoms with Crippen LogP contribution in [-0.4, -0.2) is 30.9 Å². The normalized spacial score (nSPS) is 13.3. The zero-order valence-corrected chi connectivity index (χ0v) is 17.6. The first-order valence-electron chi connectivity index (χ1n) is 9.66. The molecule has 0 aliphatic carbocycles. The quantitative estimate of drug-likeness (QED) is 0.179. The monoisotopic (exact) mass is 447 g/mol. The van der Waals surface area contributed by atoms with Gasteiger partial charge in [0.2, 0.25) is 5.78 Å². The predicted molar refractivity (Wildman–Crippen MR) is 117 cm³/mol. The summed E-state index contributed by atoms with van der Waals surface area (Å²) in [5.41, 5.74) is 0.956. The average molecular weight is 447 g/mol. The van der Waals surface area contributed by atoms with Crippen molar-refractivity contribution in [3.8, 4) is 23.0 Å². The molecule has 1 aliphatic heterocycles. The highest BCUT2D eigenvalue weighted by Gasteiger charge is 2.28. The van der Waals surface area contributed by atoms with Crippen molar-refractivity contribution in [1.82, 2.24) is 0 Å². The standard InChI is InChI=1S/C24H17NO8/c1-30-17-8-5-15(20(12-17)31-2)11-22-23(26)19-10-9-18(13-21(19)33-22)32-24(27)14-3-6-16(7-4-14)25(28)29/h3-13H,1-2H3. The summed E-state index contributed by atoms with van der Waals surface area (Å²) in [7, 11) is 3.05. The molecule has 9 heteroatoms. The number of esters is 1. The molecule has 0 saturated carbocycles. The molecule has 3 aromatic rings. The number of hydrogen-bond donors (Lipinski definition) is 0. The molecule has 9 nitrogen and oxygen atoms in total. The minimum atomic E-state index is -0.701. The molecule has 1 heterocycles. The number of allylic oxidation sites excluding steroid dienone is 1. The Kier molecular flexibility index (Phi) is 5.77. The van der Waals surface area contributed by atoms with Gasteiger partial charge >= 0.3 is 5.97 Å². The highest BCUT2D eigenvalue weighted by molar-refractivity contribution is 6.14. The summed E-state index contributed by atoms with van der Waals surface area (Å²) < 4.78 is 21.6. The summed E-state index contributed by atoms with van der Waals surface area (Å²) in [5, 5.41) is 10.7. The van der Waals surface area contributed by atoms with Gasteiger partial charge < -0.3 is 18.9 Å². The number of ketones is 1. The molecule has 0 aromatic heterocycles. The highest BCUT2D eigenvalue weighted by Crippen LogP contribution is 2.36. The fourth-order valence-electron chi connectivity index (χ4n) is 3.19. The number of nitrogens with zero attached hydrogens (tertiary/aromatic N) is 1. The van der Waals surface area contributed by atoms with Gasteiger partial charge in [0.15, 0.2) is 5.76 Å². The molecular weight excluding hydrogens is 430 g/mol. The van der Waals surface area contributed by atoms with Gasteiger partial charge in [-0.3, -0.25) is 14.9 Å². The van der Waals surface area contributed by atoms with Crippen molar-refractivity contribution in [1.29, 1.82) is 0 Å². The number of Topliss-reactive ketones (excluding diaryl/α,β-unsaturated/α-hetero) is 1. The van der Waals surface area contributed by atoms with E-state index < -0.39 is 10.9 Å². The lowest BCUT2D eigenvalue weighted by Gasteiger charge is -2.08. The van der Waals surface area contributed by atoms with Crippen molar-refractivity contribution in [3.63, 3.8) is 0 Å². The second kappa shape index (κ2) is 8.83. The first kappa shape index (κ1) is 21.6. The maximum Gasteiger partial charge on any atom is 0.343 e. The molecule has 0 spiro atoms. The van der Waals surface area contributed by atoms with Gasteiger partial charge in [0.1, 0.15) is 23.0 Å². The van der Waals surface area contributed by atoms with Crippen LogP contribution in [0.1, 0.15) is 26.3 Å². The van der Waals surface area contributed by atoms with Crippen LogP contribution in [0.3, 0.4) is 0 Å². The van der Waals surface area contributed by atoms with E-state index in [1.54, 1.807) is 31.4 Å². The molecule has 33 heavy (non-hydrogen) atoms. The maximum atomic E-state index is 12.7. The van der Waals surface area contributed by atoms with E-state index in [0.29, 0.717) is 22.6 Å². The number of hydrogen-bond acceptors (Lipinski definition) is 8. The topological polar surface area (TPSA) is 114 Å². The van der Waals surface area contributed by atoms with Crippen LogP contribution in [0, 0.1) is 10.1 Å². The van der Waals surface area contributed by atoms with Gasteiger partial charge in [-0.15, -0.1) is 0 Å². The molecule has 3 aromatic carbocycles. The lowest BCUT2D eigenvalue weighted by molar-refractivity contribution is -0.384. The highest BCUT2D eigenvalue weighted by atomic mass is 16.6. The first-order chi connectivity index (χ1) is 15.9. The summed E-state index contributed by atoms with van der Waals surface area (Å²) in [6.45, 7) is 0. The third kappa shape index (κ3) is 4.38. The van der Waals surface area contributed by atoms with Crippen LogP contribution in [0.5, 0.6) is 23.0 Å². The Labute approximate surface area is 187 Å². The number of nitro groups is 1. The van der Waals surface area contributed by atoms with E-state index in [0.717, 1.165) is 0 Å². The maximum absolute atomic E-state index is 12.7. The van der Waals surface area contributed by atoms with Crippen LogP contribution in [0.4, 0.5) is 5.69 Å². The number of carbonyl (C=O) groups excluding carboxylic acids is 2. The largest absolute Gasteiger partial charge is 0.497 e. The number of methoxy groups -OCH3 is 2. The third-order valence-electron chi connectivity index (χ3n) is 4.89. The van der Waals surface area contributed by atoms with E-state index in [1.165, 1.54) is 49.6 Å². The van der Waals surface area contributed by atoms with Crippen LogP contribution >= 0.6 is 0 Å². The molecular formula is C24H17NO8. The zero-order chi connectivity index (χ0) is 23.5. The van der Waals surface area contributed by atoms with Crippen LogP contribution in [0.15, 0.2) is 66.4 Å². The molecule has 4 rings (SSSR count). The van der Waals surface area contributed by atoms with Gasteiger partial charge in [-0.25, -0.2) is 4.79 Å². The van der Waals surface area contributed by atoms with Crippen LogP contribution in [-0.2, 0) is 0 Å². The van der Waals surface area contributed by atoms with Crippen LogP contribution in [0.25, 0.3) is 6.08 Å². The minimum absolute atomic E-state index is 0.0901. The van der Waals surface area contributed by atoms with Crippen molar-refractivity contribution in [2.24, 2.45) is 0 Å². The molecule has 0 bridgehead atoms. The number of fused-ring (bicyclic) bond motifs is 1. The number of non-ortho nitro benzene ring substituents is 1. The van der Waals surface area contributed by atoms with Gasteiger partial charge in [0.25, 0.3) is 5.69 Å². The fourth-order valence-corrected chi connectivity index (χ4v) is 3.19.